The number of ketones is 1. The minimum Gasteiger partial charge on any atom is -0.490 e. The molecule has 6 rings (SSSR count). The van der Waals surface area contributed by atoms with Crippen molar-refractivity contribution in [1.29, 1.82) is 0 Å². The van der Waals surface area contributed by atoms with E-state index in [-0.39, 0.29) is 53.5 Å². The number of aromatic carboxylic acids is 1. The topological polar surface area (TPSA) is 131 Å². The summed E-state index contributed by atoms with van der Waals surface area (Å²) in [5.74, 6) is -2.72. The molecule has 1 amide bonds. The van der Waals surface area contributed by atoms with Gasteiger partial charge in [0.2, 0.25) is 5.43 Å². The van der Waals surface area contributed by atoms with E-state index in [1.165, 1.54) is 30.2 Å². The Balaban J connectivity index is 1.09. The molecule has 1 atom stereocenters. The Morgan fingerprint density at radius 2 is 1.88 bits per heavy atom. The van der Waals surface area contributed by atoms with Crippen LogP contribution in [0.2, 0.25) is 0 Å². The molecule has 1 saturated carbocycles. The molecule has 2 aliphatic heterocycles. The number of carbonyl (C=O) groups is 3. The van der Waals surface area contributed by atoms with Gasteiger partial charge in [-0.3, -0.25) is 9.69 Å². The predicted octanol–water partition coefficient (Wildman–Crippen LogP) is 3.92. The van der Waals surface area contributed by atoms with Crippen LogP contribution in [0.15, 0.2) is 35.3 Å². The van der Waals surface area contributed by atoms with Crippen LogP contribution in [-0.2, 0) is 9.53 Å². The summed E-state index contributed by atoms with van der Waals surface area (Å²) in [6, 6.07) is 5.25. The molecule has 0 radical (unpaired) electrons. The Kier molecular flexibility index (Phi) is 7.03. The molecule has 0 unspecified atom stereocenters. The van der Waals surface area contributed by atoms with E-state index in [1.807, 2.05) is 0 Å². The summed E-state index contributed by atoms with van der Waals surface area (Å²) in [4.78, 5) is 55.1. The van der Waals surface area contributed by atoms with Gasteiger partial charge in [0.1, 0.15) is 23.1 Å². The van der Waals surface area contributed by atoms with Crippen molar-refractivity contribution < 1.29 is 37.7 Å². The van der Waals surface area contributed by atoms with Crippen molar-refractivity contribution in [3.05, 3.63) is 57.9 Å². The molecule has 1 N–H and O–H groups in total. The molecule has 4 heterocycles. The van der Waals surface area contributed by atoms with Crippen LogP contribution in [-0.4, -0.2) is 64.8 Å². The lowest BCUT2D eigenvalue weighted by atomic mass is 10.0. The minimum atomic E-state index is -1.37. The SMILES string of the molecule is CC(=O)CC[C@H]1CN(c2ccc(OCC3CN(c4nc5c(cc4F)c(=O)c(C(=O)O)cn5C4CC4)C3)c(F)c2)C(=O)O1. The van der Waals surface area contributed by atoms with Crippen molar-refractivity contribution in [3.8, 4) is 5.75 Å². The number of rotatable bonds is 10. The standard InChI is InChI=1S/C29H28F2N4O7/c1-15(36)2-6-19-12-35(29(40)42-19)18-5-7-24(22(30)8-18)41-14-16-10-33(11-16)27-23(31)9-20-25(37)21(28(38)39)13-34(17-3-4-17)26(20)32-27/h5,7-9,13,16-17,19H,2-4,6,10-12,14H2,1H3,(H,38,39)/t19-/m0/s1. The third kappa shape index (κ3) is 5.26. The molecule has 0 spiro atoms. The number of fused-ring (bicyclic) bond motifs is 1. The maximum Gasteiger partial charge on any atom is 0.414 e. The van der Waals surface area contributed by atoms with Crippen molar-refractivity contribution in [3.63, 3.8) is 0 Å². The van der Waals surface area contributed by atoms with Crippen LogP contribution in [0, 0.1) is 17.6 Å². The van der Waals surface area contributed by atoms with Gasteiger partial charge in [-0.25, -0.2) is 23.4 Å². The van der Waals surface area contributed by atoms with Crippen LogP contribution in [0.4, 0.5) is 25.1 Å². The highest BCUT2D eigenvalue weighted by atomic mass is 19.1. The first-order valence-electron chi connectivity index (χ1n) is 13.7. The number of benzene rings is 1. The fourth-order valence-corrected chi connectivity index (χ4v) is 5.32. The van der Waals surface area contributed by atoms with Crippen molar-refractivity contribution in [2.24, 2.45) is 5.92 Å². The molecule has 3 aromatic rings. The number of pyridine rings is 2. The molecular formula is C29H28F2N4O7. The maximum atomic E-state index is 15.0. The Morgan fingerprint density at radius 3 is 2.55 bits per heavy atom. The van der Waals surface area contributed by atoms with Crippen LogP contribution in [0.1, 0.15) is 49.0 Å². The lowest BCUT2D eigenvalue weighted by molar-refractivity contribution is -0.117. The van der Waals surface area contributed by atoms with E-state index in [0.717, 1.165) is 18.9 Å². The lowest BCUT2D eigenvalue weighted by Gasteiger charge is -2.40. The van der Waals surface area contributed by atoms with Gasteiger partial charge < -0.3 is 28.8 Å². The number of hydrogen-bond acceptors (Lipinski definition) is 8. The molecule has 3 fully saturated rings. The largest absolute Gasteiger partial charge is 0.490 e. The van der Waals surface area contributed by atoms with Gasteiger partial charge >= 0.3 is 12.1 Å². The van der Waals surface area contributed by atoms with Crippen LogP contribution >= 0.6 is 0 Å². The van der Waals surface area contributed by atoms with Gasteiger partial charge in [0.25, 0.3) is 0 Å². The second kappa shape index (κ2) is 10.7. The van der Waals surface area contributed by atoms with Crippen molar-refractivity contribution in [2.75, 3.05) is 36.0 Å². The normalized spacial score (nSPS) is 18.7. The summed E-state index contributed by atoms with van der Waals surface area (Å²) >= 11 is 0. The Morgan fingerprint density at radius 1 is 1.12 bits per heavy atom. The second-order valence-corrected chi connectivity index (χ2v) is 11.0. The number of cyclic esters (lactones) is 1. The molecule has 0 bridgehead atoms. The van der Waals surface area contributed by atoms with E-state index < -0.39 is 40.8 Å². The number of ether oxygens (including phenoxy) is 2. The zero-order valence-corrected chi connectivity index (χ0v) is 22.7. The summed E-state index contributed by atoms with van der Waals surface area (Å²) in [7, 11) is 0. The highest BCUT2D eigenvalue weighted by Gasteiger charge is 2.34. The minimum absolute atomic E-state index is 0.000857. The summed E-state index contributed by atoms with van der Waals surface area (Å²) in [5, 5.41) is 9.33. The number of carboxylic acids is 1. The third-order valence-electron chi connectivity index (χ3n) is 7.76. The number of carboxylic acid groups (broad SMARTS) is 1. The maximum absolute atomic E-state index is 15.0. The Labute approximate surface area is 238 Å². The summed E-state index contributed by atoms with van der Waals surface area (Å²) in [6.07, 6.45) is 2.58. The van der Waals surface area contributed by atoms with Crippen molar-refractivity contribution in [2.45, 2.75) is 44.8 Å². The molecule has 2 aromatic heterocycles. The molecule has 3 aliphatic rings. The number of amides is 1. The van der Waals surface area contributed by atoms with Gasteiger partial charge in [0.15, 0.2) is 23.2 Å². The predicted molar refractivity (Wildman–Crippen MR) is 146 cm³/mol. The van der Waals surface area contributed by atoms with Crippen molar-refractivity contribution in [1.82, 2.24) is 9.55 Å². The van der Waals surface area contributed by atoms with E-state index in [1.54, 1.807) is 15.5 Å². The quantitative estimate of drug-likeness (QED) is 0.378. The van der Waals surface area contributed by atoms with E-state index >= 15 is 4.39 Å². The molecule has 42 heavy (non-hydrogen) atoms. The van der Waals surface area contributed by atoms with E-state index in [2.05, 4.69) is 4.98 Å². The average molecular weight is 583 g/mol. The monoisotopic (exact) mass is 582 g/mol. The van der Waals surface area contributed by atoms with Gasteiger partial charge in [-0.15, -0.1) is 0 Å². The molecule has 13 heteroatoms. The molecule has 11 nitrogen and oxygen atoms in total. The number of carbonyl (C=O) groups excluding carboxylic acids is 2. The lowest BCUT2D eigenvalue weighted by Crippen LogP contribution is -2.50. The summed E-state index contributed by atoms with van der Waals surface area (Å²) in [6.45, 7) is 2.63. The fraction of sp³-hybridized carbons (Fsp3) is 0.414. The summed E-state index contributed by atoms with van der Waals surface area (Å²) in [5.41, 5.74) is -0.621. The van der Waals surface area contributed by atoms with Crippen LogP contribution < -0.4 is 20.0 Å². The number of hydrogen-bond donors (Lipinski definition) is 1. The zero-order valence-electron chi connectivity index (χ0n) is 22.7. The number of aromatic nitrogens is 2. The number of Topliss-reactive ketones (excluding diaryl/α,β-unsaturated/α-hetero) is 1. The number of anilines is 2. The third-order valence-corrected chi connectivity index (χ3v) is 7.76. The Bertz CT molecular complexity index is 1670. The zero-order chi connectivity index (χ0) is 29.7. The average Bonchev–Trinajstić information content (AvgIpc) is 3.69. The van der Waals surface area contributed by atoms with Gasteiger partial charge in [0, 0.05) is 43.7 Å². The van der Waals surface area contributed by atoms with Crippen LogP contribution in [0.3, 0.4) is 0 Å². The van der Waals surface area contributed by atoms with Crippen LogP contribution in [0.25, 0.3) is 11.0 Å². The van der Waals surface area contributed by atoms with Gasteiger partial charge in [-0.1, -0.05) is 0 Å². The molecule has 220 valence electrons. The van der Waals surface area contributed by atoms with Crippen molar-refractivity contribution >= 4 is 40.4 Å². The van der Waals surface area contributed by atoms with E-state index in [0.29, 0.717) is 31.6 Å². The van der Waals surface area contributed by atoms with Crippen LogP contribution in [0.5, 0.6) is 5.75 Å². The highest BCUT2D eigenvalue weighted by Crippen LogP contribution is 2.38. The highest BCUT2D eigenvalue weighted by molar-refractivity contribution is 5.92. The van der Waals surface area contributed by atoms with Gasteiger partial charge in [0.05, 0.1) is 24.2 Å². The fourth-order valence-electron chi connectivity index (χ4n) is 5.32. The molecular weight excluding hydrogens is 554 g/mol. The first kappa shape index (κ1) is 27.6. The second-order valence-electron chi connectivity index (χ2n) is 11.0. The van der Waals surface area contributed by atoms with E-state index in [4.69, 9.17) is 9.47 Å². The molecule has 1 aliphatic carbocycles. The smallest absolute Gasteiger partial charge is 0.414 e. The Hall–Kier alpha value is -4.55. The van der Waals surface area contributed by atoms with E-state index in [9.17, 15) is 28.7 Å². The number of nitrogens with zero attached hydrogens (tertiary/aromatic N) is 4. The molecule has 1 aromatic carbocycles. The number of halogens is 2. The van der Waals surface area contributed by atoms with Gasteiger partial charge in [-0.05, 0) is 44.4 Å². The molecule has 2 saturated heterocycles. The summed E-state index contributed by atoms with van der Waals surface area (Å²) < 4.78 is 42.5. The van der Waals surface area contributed by atoms with Gasteiger partial charge in [-0.2, -0.15) is 0 Å². The first-order valence-corrected chi connectivity index (χ1v) is 13.7. The first-order chi connectivity index (χ1) is 20.1.